The maximum atomic E-state index is 12.1. The molecule has 0 spiro atoms. The van der Waals surface area contributed by atoms with Crippen molar-refractivity contribution in [2.75, 3.05) is 6.54 Å². The second kappa shape index (κ2) is 4.12. The number of nitrogens with two attached hydrogens (primary N) is 1. The van der Waals surface area contributed by atoms with E-state index < -0.39 is 0 Å². The summed E-state index contributed by atoms with van der Waals surface area (Å²) < 4.78 is 0. The lowest BCUT2D eigenvalue weighted by atomic mass is 10.0. The molecule has 2 rings (SSSR count). The summed E-state index contributed by atoms with van der Waals surface area (Å²) in [7, 11) is 0. The van der Waals surface area contributed by atoms with Crippen molar-refractivity contribution in [3.63, 3.8) is 0 Å². The Kier molecular flexibility index (Phi) is 3.01. The van der Waals surface area contributed by atoms with Crippen LogP contribution in [0, 0.1) is 11.8 Å². The number of hydrogen-bond acceptors (Lipinski definition) is 2. The van der Waals surface area contributed by atoms with Crippen molar-refractivity contribution in [3.8, 4) is 0 Å². The Morgan fingerprint density at radius 2 is 1.93 bits per heavy atom. The van der Waals surface area contributed by atoms with Gasteiger partial charge in [0.2, 0.25) is 5.91 Å². The van der Waals surface area contributed by atoms with E-state index in [0.717, 1.165) is 12.5 Å². The Hall–Kier alpha value is -0.570. The average Bonchev–Trinajstić information content (AvgIpc) is 3.00. The molecule has 2 aliphatic rings. The van der Waals surface area contributed by atoms with Crippen molar-refractivity contribution in [1.82, 2.24) is 4.90 Å². The summed E-state index contributed by atoms with van der Waals surface area (Å²) in [5.74, 6) is 1.20. The molecule has 2 fully saturated rings. The Balaban J connectivity index is 1.93. The first-order valence-corrected chi connectivity index (χ1v) is 6.15. The van der Waals surface area contributed by atoms with Crippen molar-refractivity contribution in [2.45, 2.75) is 51.6 Å². The standard InChI is InChI=1S/C12H22N2O/c1-8(2)11(13)12(15)14(10-5-6-10)7-9-3-4-9/h8-11H,3-7,13H2,1-2H3. The van der Waals surface area contributed by atoms with Gasteiger partial charge in [-0.15, -0.1) is 0 Å². The largest absolute Gasteiger partial charge is 0.338 e. The molecular weight excluding hydrogens is 188 g/mol. The third-order valence-electron chi connectivity index (χ3n) is 3.43. The lowest BCUT2D eigenvalue weighted by molar-refractivity contribution is -0.134. The molecule has 3 heteroatoms. The molecule has 0 saturated heterocycles. The minimum absolute atomic E-state index is 0.180. The molecule has 86 valence electrons. The Morgan fingerprint density at radius 3 is 2.33 bits per heavy atom. The van der Waals surface area contributed by atoms with Crippen LogP contribution in [0.4, 0.5) is 0 Å². The van der Waals surface area contributed by atoms with E-state index in [2.05, 4.69) is 4.90 Å². The van der Waals surface area contributed by atoms with E-state index in [0.29, 0.717) is 6.04 Å². The SMILES string of the molecule is CC(C)C(N)C(=O)N(CC1CC1)C1CC1. The van der Waals surface area contributed by atoms with Gasteiger partial charge in [0.05, 0.1) is 6.04 Å². The molecule has 2 saturated carbocycles. The second-order valence-electron chi connectivity index (χ2n) is 5.43. The first kappa shape index (κ1) is 10.9. The number of amides is 1. The lowest BCUT2D eigenvalue weighted by Gasteiger charge is -2.27. The van der Waals surface area contributed by atoms with Gasteiger partial charge in [-0.1, -0.05) is 13.8 Å². The number of rotatable bonds is 5. The number of nitrogens with zero attached hydrogens (tertiary/aromatic N) is 1. The van der Waals surface area contributed by atoms with Crippen LogP contribution in [0.1, 0.15) is 39.5 Å². The second-order valence-corrected chi connectivity index (χ2v) is 5.43. The molecule has 0 aromatic heterocycles. The number of carbonyl (C=O) groups is 1. The number of carbonyl (C=O) groups excluding carboxylic acids is 1. The van der Waals surface area contributed by atoms with Gasteiger partial charge in [0.15, 0.2) is 0 Å². The maximum Gasteiger partial charge on any atom is 0.240 e. The van der Waals surface area contributed by atoms with Gasteiger partial charge in [-0.2, -0.15) is 0 Å². The molecule has 1 unspecified atom stereocenters. The molecule has 0 bridgehead atoms. The van der Waals surface area contributed by atoms with E-state index in [1.54, 1.807) is 0 Å². The molecule has 2 N–H and O–H groups in total. The predicted molar refractivity (Wildman–Crippen MR) is 60.3 cm³/mol. The van der Waals surface area contributed by atoms with Crippen LogP contribution in [0.15, 0.2) is 0 Å². The minimum atomic E-state index is -0.302. The van der Waals surface area contributed by atoms with Crippen LogP contribution in [0.3, 0.4) is 0 Å². The quantitative estimate of drug-likeness (QED) is 0.745. The van der Waals surface area contributed by atoms with E-state index in [1.165, 1.54) is 25.7 Å². The van der Waals surface area contributed by atoms with E-state index in [4.69, 9.17) is 5.73 Å². The summed E-state index contributed by atoms with van der Waals surface area (Å²) in [5.41, 5.74) is 5.93. The molecule has 0 aromatic carbocycles. The van der Waals surface area contributed by atoms with Crippen LogP contribution in [-0.4, -0.2) is 29.4 Å². The highest BCUT2D eigenvalue weighted by molar-refractivity contribution is 5.82. The molecule has 0 aliphatic heterocycles. The molecule has 1 atom stereocenters. The van der Waals surface area contributed by atoms with Crippen molar-refractivity contribution < 1.29 is 4.79 Å². The first-order valence-electron chi connectivity index (χ1n) is 6.15. The van der Waals surface area contributed by atoms with Crippen LogP contribution in [0.2, 0.25) is 0 Å². The van der Waals surface area contributed by atoms with Crippen molar-refractivity contribution in [3.05, 3.63) is 0 Å². The van der Waals surface area contributed by atoms with Crippen LogP contribution >= 0.6 is 0 Å². The molecule has 0 radical (unpaired) electrons. The molecular formula is C12H22N2O. The van der Waals surface area contributed by atoms with Gasteiger partial charge in [-0.25, -0.2) is 0 Å². The van der Waals surface area contributed by atoms with Crippen molar-refractivity contribution >= 4 is 5.91 Å². The van der Waals surface area contributed by atoms with E-state index in [9.17, 15) is 4.79 Å². The fourth-order valence-electron chi connectivity index (χ4n) is 1.86. The zero-order chi connectivity index (χ0) is 11.0. The summed E-state index contributed by atoms with van der Waals surface area (Å²) >= 11 is 0. The summed E-state index contributed by atoms with van der Waals surface area (Å²) in [4.78, 5) is 14.2. The topological polar surface area (TPSA) is 46.3 Å². The third kappa shape index (κ3) is 2.71. The molecule has 1 amide bonds. The molecule has 3 nitrogen and oxygen atoms in total. The number of hydrogen-bond donors (Lipinski definition) is 1. The summed E-state index contributed by atoms with van der Waals surface area (Å²) in [5, 5.41) is 0. The monoisotopic (exact) mass is 210 g/mol. The zero-order valence-electron chi connectivity index (χ0n) is 9.78. The highest BCUT2D eigenvalue weighted by Crippen LogP contribution is 2.35. The smallest absolute Gasteiger partial charge is 0.240 e. The first-order chi connectivity index (χ1) is 7.09. The van der Waals surface area contributed by atoms with E-state index in [1.807, 2.05) is 13.8 Å². The zero-order valence-corrected chi connectivity index (χ0v) is 9.78. The van der Waals surface area contributed by atoms with E-state index in [-0.39, 0.29) is 17.9 Å². The fourth-order valence-corrected chi connectivity index (χ4v) is 1.86. The molecule has 0 heterocycles. The van der Waals surface area contributed by atoms with Crippen LogP contribution in [0.5, 0.6) is 0 Å². The van der Waals surface area contributed by atoms with Gasteiger partial charge >= 0.3 is 0 Å². The predicted octanol–water partition coefficient (Wildman–Crippen LogP) is 1.37. The highest BCUT2D eigenvalue weighted by atomic mass is 16.2. The summed E-state index contributed by atoms with van der Waals surface area (Å²) in [6, 6.07) is 0.215. The fraction of sp³-hybridized carbons (Fsp3) is 0.917. The van der Waals surface area contributed by atoms with Crippen LogP contribution < -0.4 is 5.73 Å². The Bertz CT molecular complexity index is 244. The van der Waals surface area contributed by atoms with Gasteiger partial charge in [0.25, 0.3) is 0 Å². The van der Waals surface area contributed by atoms with Gasteiger partial charge in [0, 0.05) is 12.6 Å². The maximum absolute atomic E-state index is 12.1. The van der Waals surface area contributed by atoms with Gasteiger partial charge < -0.3 is 10.6 Å². The Labute approximate surface area is 92.0 Å². The Morgan fingerprint density at radius 1 is 1.33 bits per heavy atom. The minimum Gasteiger partial charge on any atom is -0.338 e. The van der Waals surface area contributed by atoms with Crippen molar-refractivity contribution in [2.24, 2.45) is 17.6 Å². The molecule has 15 heavy (non-hydrogen) atoms. The third-order valence-corrected chi connectivity index (χ3v) is 3.43. The van der Waals surface area contributed by atoms with Crippen LogP contribution in [0.25, 0.3) is 0 Å². The molecule has 2 aliphatic carbocycles. The average molecular weight is 210 g/mol. The van der Waals surface area contributed by atoms with Crippen LogP contribution in [-0.2, 0) is 4.79 Å². The van der Waals surface area contributed by atoms with E-state index >= 15 is 0 Å². The lowest BCUT2D eigenvalue weighted by Crippen LogP contribution is -2.48. The normalized spacial score (nSPS) is 22.9. The molecule has 0 aromatic rings. The van der Waals surface area contributed by atoms with Gasteiger partial charge in [-0.3, -0.25) is 4.79 Å². The van der Waals surface area contributed by atoms with Gasteiger partial charge in [0.1, 0.15) is 0 Å². The summed E-state index contributed by atoms with van der Waals surface area (Å²) in [6.45, 7) is 5.00. The summed E-state index contributed by atoms with van der Waals surface area (Å²) in [6.07, 6.45) is 4.97. The highest BCUT2D eigenvalue weighted by Gasteiger charge is 2.38. The van der Waals surface area contributed by atoms with Crippen molar-refractivity contribution in [1.29, 1.82) is 0 Å². The van der Waals surface area contributed by atoms with Gasteiger partial charge in [-0.05, 0) is 37.5 Å².